The fourth-order valence-corrected chi connectivity index (χ4v) is 4.08. The van der Waals surface area contributed by atoms with Crippen molar-refractivity contribution in [1.29, 1.82) is 0 Å². The molecule has 132 valence electrons. The Kier molecular flexibility index (Phi) is 6.13. The molecule has 0 atom stereocenters. The molecule has 0 spiro atoms. The van der Waals surface area contributed by atoms with Gasteiger partial charge in [0.15, 0.2) is 0 Å². The van der Waals surface area contributed by atoms with E-state index in [2.05, 4.69) is 29.6 Å². The van der Waals surface area contributed by atoms with Gasteiger partial charge >= 0.3 is 0 Å². The average Bonchev–Trinajstić information content (AvgIpc) is 2.67. The SMILES string of the molecule is Cc1cccc(C)c1NC(=O)CSC(c1ccccc1)c1ccccc1. The molecule has 0 fully saturated rings. The van der Waals surface area contributed by atoms with Gasteiger partial charge in [-0.1, -0.05) is 78.9 Å². The number of hydrogen-bond acceptors (Lipinski definition) is 2. The number of para-hydroxylation sites is 1. The van der Waals surface area contributed by atoms with Crippen LogP contribution in [0.15, 0.2) is 78.9 Å². The molecule has 0 bridgehead atoms. The van der Waals surface area contributed by atoms with Crippen molar-refractivity contribution in [2.45, 2.75) is 19.1 Å². The lowest BCUT2D eigenvalue weighted by molar-refractivity contribution is -0.113. The summed E-state index contributed by atoms with van der Waals surface area (Å²) in [6.07, 6.45) is 0. The van der Waals surface area contributed by atoms with Crippen molar-refractivity contribution in [2.24, 2.45) is 0 Å². The second-order valence-electron chi connectivity index (χ2n) is 6.33. The van der Waals surface area contributed by atoms with Crippen LogP contribution in [0, 0.1) is 13.8 Å². The van der Waals surface area contributed by atoms with Gasteiger partial charge in [-0.25, -0.2) is 0 Å². The Labute approximate surface area is 159 Å². The van der Waals surface area contributed by atoms with Crippen LogP contribution in [-0.4, -0.2) is 11.7 Å². The zero-order valence-corrected chi connectivity index (χ0v) is 15.9. The summed E-state index contributed by atoms with van der Waals surface area (Å²) in [5.41, 5.74) is 5.53. The van der Waals surface area contributed by atoms with Crippen molar-refractivity contribution in [2.75, 3.05) is 11.1 Å². The summed E-state index contributed by atoms with van der Waals surface area (Å²) in [4.78, 5) is 12.6. The molecule has 0 heterocycles. The molecule has 0 radical (unpaired) electrons. The lowest BCUT2D eigenvalue weighted by atomic mass is 10.0. The molecular formula is C23H23NOS. The summed E-state index contributed by atoms with van der Waals surface area (Å²) in [6.45, 7) is 4.04. The first kappa shape index (κ1) is 18.3. The topological polar surface area (TPSA) is 29.1 Å². The van der Waals surface area contributed by atoms with E-state index in [4.69, 9.17) is 0 Å². The van der Waals surface area contributed by atoms with E-state index in [1.165, 1.54) is 11.1 Å². The van der Waals surface area contributed by atoms with Crippen molar-refractivity contribution >= 4 is 23.4 Å². The third kappa shape index (κ3) is 4.55. The fraction of sp³-hybridized carbons (Fsp3) is 0.174. The Balaban J connectivity index is 1.73. The number of carbonyl (C=O) groups excluding carboxylic acids is 1. The lowest BCUT2D eigenvalue weighted by Crippen LogP contribution is -2.16. The van der Waals surface area contributed by atoms with Crippen molar-refractivity contribution in [1.82, 2.24) is 0 Å². The predicted molar refractivity (Wildman–Crippen MR) is 112 cm³/mol. The molecule has 3 heteroatoms. The molecule has 3 aromatic carbocycles. The molecule has 0 aliphatic heterocycles. The Bertz CT molecular complexity index is 802. The van der Waals surface area contributed by atoms with Gasteiger partial charge in [-0.05, 0) is 36.1 Å². The number of benzene rings is 3. The highest BCUT2D eigenvalue weighted by molar-refractivity contribution is 8.00. The molecule has 0 aliphatic carbocycles. The molecule has 3 rings (SSSR count). The van der Waals surface area contributed by atoms with E-state index in [0.29, 0.717) is 5.75 Å². The maximum atomic E-state index is 12.6. The van der Waals surface area contributed by atoms with Gasteiger partial charge in [0.05, 0.1) is 11.0 Å². The van der Waals surface area contributed by atoms with E-state index in [1.807, 2.05) is 68.4 Å². The van der Waals surface area contributed by atoms with Gasteiger partial charge in [-0.3, -0.25) is 4.79 Å². The van der Waals surface area contributed by atoms with E-state index < -0.39 is 0 Å². The molecule has 3 aromatic rings. The van der Waals surface area contributed by atoms with Crippen LogP contribution in [-0.2, 0) is 4.79 Å². The summed E-state index contributed by atoms with van der Waals surface area (Å²) in [5, 5.41) is 3.22. The van der Waals surface area contributed by atoms with E-state index in [1.54, 1.807) is 11.8 Å². The van der Waals surface area contributed by atoms with E-state index in [0.717, 1.165) is 16.8 Å². The maximum Gasteiger partial charge on any atom is 0.234 e. The molecular weight excluding hydrogens is 338 g/mol. The van der Waals surface area contributed by atoms with E-state index in [-0.39, 0.29) is 11.2 Å². The molecule has 0 unspecified atom stereocenters. The van der Waals surface area contributed by atoms with Crippen LogP contribution in [0.2, 0.25) is 0 Å². The first-order valence-corrected chi connectivity index (χ1v) is 9.77. The minimum Gasteiger partial charge on any atom is -0.325 e. The molecule has 1 amide bonds. The number of nitrogens with one attached hydrogen (secondary N) is 1. The third-order valence-corrected chi connectivity index (χ3v) is 5.64. The number of thioether (sulfide) groups is 1. The number of anilines is 1. The minimum absolute atomic E-state index is 0.0317. The normalized spacial score (nSPS) is 10.7. The van der Waals surface area contributed by atoms with Crippen LogP contribution in [0.25, 0.3) is 0 Å². The van der Waals surface area contributed by atoms with Gasteiger partial charge < -0.3 is 5.32 Å². The highest BCUT2D eigenvalue weighted by Crippen LogP contribution is 2.35. The molecule has 0 aromatic heterocycles. The Hall–Kier alpha value is -2.52. The molecule has 0 saturated heterocycles. The molecule has 0 saturated carbocycles. The first-order valence-electron chi connectivity index (χ1n) is 8.72. The number of carbonyl (C=O) groups is 1. The van der Waals surface area contributed by atoms with Gasteiger partial charge in [0.2, 0.25) is 5.91 Å². The van der Waals surface area contributed by atoms with E-state index in [9.17, 15) is 4.79 Å². The summed E-state index contributed by atoms with van der Waals surface area (Å²) < 4.78 is 0. The van der Waals surface area contributed by atoms with Gasteiger partial charge in [-0.15, -0.1) is 11.8 Å². The van der Waals surface area contributed by atoms with Crippen LogP contribution in [0.5, 0.6) is 0 Å². The van der Waals surface area contributed by atoms with Crippen LogP contribution in [0.4, 0.5) is 5.69 Å². The Morgan fingerprint density at radius 2 is 1.31 bits per heavy atom. The largest absolute Gasteiger partial charge is 0.325 e. The summed E-state index contributed by atoms with van der Waals surface area (Å²) in [6, 6.07) is 26.7. The molecule has 0 aliphatic rings. The van der Waals surface area contributed by atoms with E-state index >= 15 is 0 Å². The van der Waals surface area contributed by atoms with Crippen molar-refractivity contribution in [3.63, 3.8) is 0 Å². The lowest BCUT2D eigenvalue weighted by Gasteiger charge is -2.18. The van der Waals surface area contributed by atoms with Crippen molar-refractivity contribution in [3.8, 4) is 0 Å². The number of aryl methyl sites for hydroxylation is 2. The minimum atomic E-state index is 0.0317. The van der Waals surface area contributed by atoms with Gasteiger partial charge in [0, 0.05) is 5.69 Å². The summed E-state index contributed by atoms with van der Waals surface area (Å²) >= 11 is 1.65. The zero-order chi connectivity index (χ0) is 18.4. The first-order chi connectivity index (χ1) is 12.6. The van der Waals surface area contributed by atoms with Crippen LogP contribution in [0.3, 0.4) is 0 Å². The Morgan fingerprint density at radius 1 is 0.808 bits per heavy atom. The number of hydrogen-bond donors (Lipinski definition) is 1. The quantitative estimate of drug-likeness (QED) is 0.604. The summed E-state index contributed by atoms with van der Waals surface area (Å²) in [5.74, 6) is 0.437. The Morgan fingerprint density at radius 3 is 1.81 bits per heavy atom. The molecule has 2 nitrogen and oxygen atoms in total. The van der Waals surface area contributed by atoms with Gasteiger partial charge in [0.25, 0.3) is 0 Å². The average molecular weight is 362 g/mol. The van der Waals surface area contributed by atoms with Crippen molar-refractivity contribution in [3.05, 3.63) is 101 Å². The zero-order valence-electron chi connectivity index (χ0n) is 15.1. The number of amides is 1. The third-order valence-electron chi connectivity index (χ3n) is 4.33. The fourth-order valence-electron chi connectivity index (χ4n) is 2.99. The highest BCUT2D eigenvalue weighted by atomic mass is 32.2. The maximum absolute atomic E-state index is 12.6. The van der Waals surface area contributed by atoms with Crippen LogP contribution >= 0.6 is 11.8 Å². The van der Waals surface area contributed by atoms with Crippen LogP contribution < -0.4 is 5.32 Å². The van der Waals surface area contributed by atoms with Gasteiger partial charge in [0.1, 0.15) is 0 Å². The number of rotatable bonds is 6. The second-order valence-corrected chi connectivity index (χ2v) is 7.42. The molecule has 26 heavy (non-hydrogen) atoms. The highest BCUT2D eigenvalue weighted by Gasteiger charge is 2.17. The monoisotopic (exact) mass is 361 g/mol. The van der Waals surface area contributed by atoms with Crippen LogP contribution in [0.1, 0.15) is 27.5 Å². The standard InChI is InChI=1S/C23H23NOS/c1-17-10-9-11-18(2)22(17)24-21(25)16-26-23(19-12-5-3-6-13-19)20-14-7-4-8-15-20/h3-15,23H,16H2,1-2H3,(H,24,25). The smallest absolute Gasteiger partial charge is 0.234 e. The summed E-state index contributed by atoms with van der Waals surface area (Å²) in [7, 11) is 0. The van der Waals surface area contributed by atoms with Crippen molar-refractivity contribution < 1.29 is 4.79 Å². The predicted octanol–water partition coefficient (Wildman–Crippen LogP) is 5.76. The second kappa shape index (κ2) is 8.72. The molecule has 1 N–H and O–H groups in total. The van der Waals surface area contributed by atoms with Gasteiger partial charge in [-0.2, -0.15) is 0 Å².